The van der Waals surface area contributed by atoms with Crippen LogP contribution in [0.3, 0.4) is 0 Å². The van der Waals surface area contributed by atoms with Gasteiger partial charge in [-0.25, -0.2) is 4.98 Å². The summed E-state index contributed by atoms with van der Waals surface area (Å²) in [5, 5.41) is 0.810. The predicted molar refractivity (Wildman–Crippen MR) is 97.0 cm³/mol. The maximum absolute atomic E-state index is 12.6. The Kier molecular flexibility index (Phi) is 5.56. The Balaban J connectivity index is 1.75. The largest absolute Gasteiger partial charge is 0.466 e. The van der Waals surface area contributed by atoms with Crippen LogP contribution in [0.2, 0.25) is 5.02 Å². The van der Waals surface area contributed by atoms with Gasteiger partial charge in [0.15, 0.2) is 0 Å². The highest BCUT2D eigenvalue weighted by molar-refractivity contribution is 6.31. The normalized spacial score (nSPS) is 17.3. The second kappa shape index (κ2) is 7.86. The lowest BCUT2D eigenvalue weighted by atomic mass is 9.98. The first kappa shape index (κ1) is 18.4. The number of hydrogen-bond acceptors (Lipinski definition) is 5. The molecule has 0 N–H and O–H groups in total. The third-order valence-corrected chi connectivity index (χ3v) is 4.72. The first-order valence-corrected chi connectivity index (χ1v) is 8.96. The zero-order valence-corrected chi connectivity index (χ0v) is 15.2. The summed E-state index contributed by atoms with van der Waals surface area (Å²) in [5.74, 6) is -0.800. The summed E-state index contributed by atoms with van der Waals surface area (Å²) in [7, 11) is 0. The fraction of sp³-hybridized carbons (Fsp3) is 0.444. The minimum absolute atomic E-state index is 0.121. The van der Waals surface area contributed by atoms with Crippen molar-refractivity contribution < 1.29 is 14.3 Å². The molecule has 1 saturated heterocycles. The minimum Gasteiger partial charge on any atom is -0.466 e. The number of piperidine rings is 1. The van der Waals surface area contributed by atoms with Crippen molar-refractivity contribution in [2.75, 3.05) is 19.7 Å². The van der Waals surface area contributed by atoms with Gasteiger partial charge in [0.2, 0.25) is 5.91 Å². The molecule has 1 aliphatic heterocycles. The summed E-state index contributed by atoms with van der Waals surface area (Å²) in [6.45, 7) is 2.85. The molecule has 2 aromatic rings. The van der Waals surface area contributed by atoms with Gasteiger partial charge in [0.05, 0.1) is 29.8 Å². The van der Waals surface area contributed by atoms with Crippen molar-refractivity contribution in [2.24, 2.45) is 5.92 Å². The number of hydrogen-bond donors (Lipinski definition) is 0. The van der Waals surface area contributed by atoms with E-state index < -0.39 is 0 Å². The van der Waals surface area contributed by atoms with E-state index in [2.05, 4.69) is 4.98 Å². The summed E-state index contributed by atoms with van der Waals surface area (Å²) >= 11 is 5.95. The van der Waals surface area contributed by atoms with Crippen LogP contribution in [-0.4, -0.2) is 46.0 Å². The molecule has 0 bridgehead atoms. The van der Waals surface area contributed by atoms with Gasteiger partial charge in [0, 0.05) is 18.1 Å². The zero-order chi connectivity index (χ0) is 18.7. The van der Waals surface area contributed by atoms with E-state index in [0.29, 0.717) is 42.0 Å². The van der Waals surface area contributed by atoms with Gasteiger partial charge in [-0.2, -0.15) is 0 Å². The maximum atomic E-state index is 12.6. The van der Waals surface area contributed by atoms with E-state index in [1.807, 2.05) is 0 Å². The van der Waals surface area contributed by atoms with Crippen LogP contribution in [0.5, 0.6) is 0 Å². The molecule has 0 saturated carbocycles. The van der Waals surface area contributed by atoms with Crippen LogP contribution in [0.15, 0.2) is 29.3 Å². The lowest BCUT2D eigenvalue weighted by molar-refractivity contribution is -0.151. The van der Waals surface area contributed by atoms with Gasteiger partial charge >= 0.3 is 5.97 Å². The van der Waals surface area contributed by atoms with Crippen LogP contribution in [0.4, 0.5) is 0 Å². The van der Waals surface area contributed by atoms with Crippen molar-refractivity contribution in [3.63, 3.8) is 0 Å². The molecular formula is C18H20ClN3O4. The third-order valence-electron chi connectivity index (χ3n) is 4.49. The molecule has 1 aromatic heterocycles. The van der Waals surface area contributed by atoms with Gasteiger partial charge in [-0.05, 0) is 38.0 Å². The van der Waals surface area contributed by atoms with Gasteiger partial charge in [0.1, 0.15) is 6.54 Å². The summed E-state index contributed by atoms with van der Waals surface area (Å²) in [5.41, 5.74) is 0.216. The second-order valence-electron chi connectivity index (χ2n) is 6.27. The molecule has 1 unspecified atom stereocenters. The fourth-order valence-corrected chi connectivity index (χ4v) is 3.32. The van der Waals surface area contributed by atoms with Crippen molar-refractivity contribution in [1.29, 1.82) is 0 Å². The number of halogens is 1. The van der Waals surface area contributed by atoms with Crippen molar-refractivity contribution in [3.05, 3.63) is 39.9 Å². The summed E-state index contributed by atoms with van der Waals surface area (Å²) < 4.78 is 6.32. The molecule has 138 valence electrons. The number of carbonyl (C=O) groups is 2. The lowest BCUT2D eigenvalue weighted by Gasteiger charge is -2.31. The minimum atomic E-state index is -0.315. The van der Waals surface area contributed by atoms with E-state index >= 15 is 0 Å². The third kappa shape index (κ3) is 3.88. The standard InChI is InChI=1S/C18H20ClN3O4/c1-2-26-18(25)12-4-3-7-21(9-12)16(23)10-22-11-20-15-6-5-13(19)8-14(15)17(22)24/h5-6,8,11-12H,2-4,7,9-10H2,1H3. The van der Waals surface area contributed by atoms with Crippen molar-refractivity contribution in [2.45, 2.75) is 26.3 Å². The second-order valence-corrected chi connectivity index (χ2v) is 6.71. The average Bonchev–Trinajstić information content (AvgIpc) is 2.64. The number of esters is 1. The van der Waals surface area contributed by atoms with E-state index in [9.17, 15) is 14.4 Å². The highest BCUT2D eigenvalue weighted by atomic mass is 35.5. The molecular weight excluding hydrogens is 358 g/mol. The number of benzene rings is 1. The molecule has 1 aliphatic rings. The Labute approximate surface area is 155 Å². The van der Waals surface area contributed by atoms with E-state index in [1.165, 1.54) is 10.9 Å². The zero-order valence-electron chi connectivity index (χ0n) is 14.5. The molecule has 1 amide bonds. The van der Waals surface area contributed by atoms with Gasteiger partial charge in [-0.1, -0.05) is 11.6 Å². The first-order valence-electron chi connectivity index (χ1n) is 8.58. The highest BCUT2D eigenvalue weighted by Gasteiger charge is 2.29. The fourth-order valence-electron chi connectivity index (χ4n) is 3.15. The maximum Gasteiger partial charge on any atom is 0.310 e. The van der Waals surface area contributed by atoms with Crippen LogP contribution in [0.1, 0.15) is 19.8 Å². The Hall–Kier alpha value is -2.41. The van der Waals surface area contributed by atoms with E-state index in [4.69, 9.17) is 16.3 Å². The summed E-state index contributed by atoms with van der Waals surface area (Å²) in [6.07, 6.45) is 2.80. The molecule has 0 aliphatic carbocycles. The van der Waals surface area contributed by atoms with E-state index in [0.717, 1.165) is 6.42 Å². The molecule has 1 aromatic carbocycles. The number of ether oxygens (including phenoxy) is 1. The number of nitrogens with zero attached hydrogens (tertiary/aromatic N) is 3. The first-order chi connectivity index (χ1) is 12.5. The van der Waals surface area contributed by atoms with Gasteiger partial charge in [-0.15, -0.1) is 0 Å². The number of aromatic nitrogens is 2. The molecule has 0 spiro atoms. The van der Waals surface area contributed by atoms with Crippen LogP contribution in [0.25, 0.3) is 10.9 Å². The van der Waals surface area contributed by atoms with Gasteiger partial charge in [-0.3, -0.25) is 19.0 Å². The van der Waals surface area contributed by atoms with Crippen LogP contribution in [0, 0.1) is 5.92 Å². The molecule has 1 atom stereocenters. The Morgan fingerprint density at radius 1 is 1.38 bits per heavy atom. The van der Waals surface area contributed by atoms with Crippen LogP contribution in [-0.2, 0) is 20.9 Å². The van der Waals surface area contributed by atoms with E-state index in [1.54, 1.807) is 30.0 Å². The Bertz CT molecular complexity index is 896. The monoisotopic (exact) mass is 377 g/mol. The Morgan fingerprint density at radius 3 is 2.96 bits per heavy atom. The number of carbonyl (C=O) groups excluding carboxylic acids is 2. The summed E-state index contributed by atoms with van der Waals surface area (Å²) in [6, 6.07) is 4.87. The SMILES string of the molecule is CCOC(=O)C1CCCN(C(=O)Cn2cnc3ccc(Cl)cc3c2=O)C1. The van der Waals surface area contributed by atoms with Crippen molar-refractivity contribution >= 4 is 34.4 Å². The lowest BCUT2D eigenvalue weighted by Crippen LogP contribution is -2.45. The summed E-state index contributed by atoms with van der Waals surface area (Å²) in [4.78, 5) is 42.9. The topological polar surface area (TPSA) is 81.5 Å². The molecule has 3 rings (SSSR count). The number of fused-ring (bicyclic) bond motifs is 1. The molecule has 1 fully saturated rings. The molecule has 2 heterocycles. The number of amides is 1. The molecule has 26 heavy (non-hydrogen) atoms. The quantitative estimate of drug-likeness (QED) is 0.759. The predicted octanol–water partition coefficient (Wildman–Crippen LogP) is 1.85. The number of rotatable bonds is 4. The van der Waals surface area contributed by atoms with Crippen molar-refractivity contribution in [3.8, 4) is 0 Å². The van der Waals surface area contributed by atoms with Crippen LogP contribution >= 0.6 is 11.6 Å². The average molecular weight is 378 g/mol. The molecule has 0 radical (unpaired) electrons. The van der Waals surface area contributed by atoms with Gasteiger partial charge < -0.3 is 9.64 Å². The van der Waals surface area contributed by atoms with Crippen molar-refractivity contribution in [1.82, 2.24) is 14.5 Å². The van der Waals surface area contributed by atoms with Crippen LogP contribution < -0.4 is 5.56 Å². The highest BCUT2D eigenvalue weighted by Crippen LogP contribution is 2.18. The van der Waals surface area contributed by atoms with Gasteiger partial charge in [0.25, 0.3) is 5.56 Å². The smallest absolute Gasteiger partial charge is 0.310 e. The number of likely N-dealkylation sites (tertiary alicyclic amines) is 1. The Morgan fingerprint density at radius 2 is 2.19 bits per heavy atom. The molecule has 7 nitrogen and oxygen atoms in total. The molecule has 8 heteroatoms. The van der Waals surface area contributed by atoms with E-state index in [-0.39, 0.29) is 29.9 Å².